The van der Waals surface area contributed by atoms with Crippen molar-refractivity contribution in [3.05, 3.63) is 65.2 Å². The zero-order valence-electron chi connectivity index (χ0n) is 15.2. The fourth-order valence-corrected chi connectivity index (χ4v) is 3.39. The van der Waals surface area contributed by atoms with Gasteiger partial charge in [0.2, 0.25) is 5.16 Å². The van der Waals surface area contributed by atoms with Crippen LogP contribution < -0.4 is 0 Å². The molecule has 0 amide bonds. The smallest absolute Gasteiger partial charge is 0.209 e. The van der Waals surface area contributed by atoms with Crippen LogP contribution in [0.5, 0.6) is 0 Å². The first-order chi connectivity index (χ1) is 12.7. The number of thioether (sulfide) groups is 1. The summed E-state index contributed by atoms with van der Waals surface area (Å²) in [4.78, 5) is 16.8. The number of H-pyrrole nitrogens is 1. The summed E-state index contributed by atoms with van der Waals surface area (Å²) in [5.41, 5.74) is 4.30. The molecule has 0 aliphatic heterocycles. The van der Waals surface area contributed by atoms with E-state index >= 15 is 0 Å². The summed E-state index contributed by atoms with van der Waals surface area (Å²) in [6.45, 7) is 4.28. The zero-order valence-corrected chi connectivity index (χ0v) is 16.0. The van der Waals surface area contributed by atoms with Gasteiger partial charge in [0.15, 0.2) is 11.6 Å². The van der Waals surface area contributed by atoms with Gasteiger partial charge < -0.3 is 0 Å². The van der Waals surface area contributed by atoms with Gasteiger partial charge in [0.25, 0.3) is 0 Å². The SMILES string of the molecule is CCCc1ccc(C(=O)CSc2n[nH]c(-c3ccc(CC)cc3)n2)cc1. The van der Waals surface area contributed by atoms with Crippen LogP contribution in [0, 0.1) is 0 Å². The predicted molar refractivity (Wildman–Crippen MR) is 107 cm³/mol. The van der Waals surface area contributed by atoms with E-state index in [4.69, 9.17) is 0 Å². The topological polar surface area (TPSA) is 58.6 Å². The van der Waals surface area contributed by atoms with Crippen molar-refractivity contribution in [2.45, 2.75) is 38.3 Å². The van der Waals surface area contributed by atoms with Crippen LogP contribution in [0.3, 0.4) is 0 Å². The van der Waals surface area contributed by atoms with E-state index in [9.17, 15) is 4.79 Å². The summed E-state index contributed by atoms with van der Waals surface area (Å²) >= 11 is 1.36. The van der Waals surface area contributed by atoms with Gasteiger partial charge in [0.05, 0.1) is 5.75 Å². The molecule has 0 unspecified atom stereocenters. The number of nitrogens with zero attached hydrogens (tertiary/aromatic N) is 2. The summed E-state index contributed by atoms with van der Waals surface area (Å²) in [6.07, 6.45) is 3.17. The van der Waals surface area contributed by atoms with Crippen molar-refractivity contribution in [3.8, 4) is 11.4 Å². The minimum atomic E-state index is 0.0942. The molecule has 1 aromatic heterocycles. The van der Waals surface area contributed by atoms with Gasteiger partial charge in [-0.3, -0.25) is 9.89 Å². The van der Waals surface area contributed by atoms with E-state index in [1.807, 2.05) is 36.4 Å². The minimum absolute atomic E-state index is 0.0942. The number of carbonyl (C=O) groups excluding carboxylic acids is 1. The van der Waals surface area contributed by atoms with Gasteiger partial charge in [0, 0.05) is 11.1 Å². The standard InChI is InChI=1S/C21H23N3OS/c1-3-5-16-8-10-17(11-9-16)19(25)14-26-21-22-20(23-24-21)18-12-6-15(4-2)7-13-18/h6-13H,3-5,14H2,1-2H3,(H,22,23,24). The van der Waals surface area contributed by atoms with Crippen LogP contribution in [0.4, 0.5) is 0 Å². The predicted octanol–water partition coefficient (Wildman–Crippen LogP) is 4.96. The molecule has 0 saturated heterocycles. The number of carbonyl (C=O) groups is 1. The molecule has 0 fully saturated rings. The second-order valence-electron chi connectivity index (χ2n) is 6.18. The molecule has 1 heterocycles. The number of rotatable bonds is 8. The van der Waals surface area contributed by atoms with Crippen molar-refractivity contribution >= 4 is 17.5 Å². The van der Waals surface area contributed by atoms with Gasteiger partial charge in [-0.25, -0.2) is 4.98 Å². The maximum absolute atomic E-state index is 12.3. The number of aryl methyl sites for hydroxylation is 2. The van der Waals surface area contributed by atoms with Crippen molar-refractivity contribution in [3.63, 3.8) is 0 Å². The number of benzene rings is 2. The highest BCUT2D eigenvalue weighted by Crippen LogP contribution is 2.21. The minimum Gasteiger partial charge on any atom is -0.293 e. The molecule has 3 aromatic rings. The Morgan fingerprint density at radius 2 is 1.69 bits per heavy atom. The number of hydrogen-bond donors (Lipinski definition) is 1. The van der Waals surface area contributed by atoms with Gasteiger partial charge in [-0.05, 0) is 24.0 Å². The van der Waals surface area contributed by atoms with E-state index in [1.165, 1.54) is 22.9 Å². The van der Waals surface area contributed by atoms with Crippen LogP contribution in [0.1, 0.15) is 41.8 Å². The van der Waals surface area contributed by atoms with E-state index in [1.54, 1.807) is 0 Å². The van der Waals surface area contributed by atoms with Crippen molar-refractivity contribution in [2.24, 2.45) is 0 Å². The summed E-state index contributed by atoms with van der Waals surface area (Å²) in [6, 6.07) is 16.2. The van der Waals surface area contributed by atoms with Crippen LogP contribution >= 0.6 is 11.8 Å². The first kappa shape index (κ1) is 18.4. The lowest BCUT2D eigenvalue weighted by Gasteiger charge is -2.02. The third-order valence-electron chi connectivity index (χ3n) is 4.25. The second kappa shape index (κ2) is 8.81. The lowest BCUT2D eigenvalue weighted by Crippen LogP contribution is -2.02. The molecule has 5 heteroatoms. The van der Waals surface area contributed by atoms with E-state index in [0.29, 0.717) is 10.9 Å². The molecule has 0 atom stereocenters. The molecule has 1 N–H and O–H groups in total. The van der Waals surface area contributed by atoms with Gasteiger partial charge in [-0.15, -0.1) is 5.10 Å². The third kappa shape index (κ3) is 4.61. The largest absolute Gasteiger partial charge is 0.293 e. The Morgan fingerprint density at radius 1 is 1.00 bits per heavy atom. The van der Waals surface area contributed by atoms with Crippen molar-refractivity contribution in [1.29, 1.82) is 0 Å². The molecule has 0 aliphatic carbocycles. The second-order valence-corrected chi connectivity index (χ2v) is 7.12. The Kier molecular flexibility index (Phi) is 6.23. The first-order valence-corrected chi connectivity index (χ1v) is 9.94. The van der Waals surface area contributed by atoms with Crippen LogP contribution in [0.15, 0.2) is 53.7 Å². The fourth-order valence-electron chi connectivity index (χ4n) is 2.70. The number of ketones is 1. The molecule has 0 spiro atoms. The lowest BCUT2D eigenvalue weighted by atomic mass is 10.1. The maximum atomic E-state index is 12.3. The Morgan fingerprint density at radius 3 is 2.35 bits per heavy atom. The van der Waals surface area contributed by atoms with Gasteiger partial charge in [-0.2, -0.15) is 0 Å². The van der Waals surface area contributed by atoms with Crippen molar-refractivity contribution in [2.75, 3.05) is 5.75 Å². The quantitative estimate of drug-likeness (QED) is 0.453. The molecule has 2 aromatic carbocycles. The number of aromatic amines is 1. The number of aromatic nitrogens is 3. The molecule has 3 rings (SSSR count). The molecule has 0 saturated carbocycles. The summed E-state index contributed by atoms with van der Waals surface area (Å²) in [5.74, 6) is 1.15. The van der Waals surface area contributed by atoms with Crippen molar-refractivity contribution in [1.82, 2.24) is 15.2 Å². The molecule has 0 aliphatic rings. The van der Waals surface area contributed by atoms with E-state index in [2.05, 4.69) is 41.2 Å². The van der Waals surface area contributed by atoms with Gasteiger partial charge in [-0.1, -0.05) is 80.6 Å². The Balaban J connectivity index is 1.59. The number of hydrogen-bond acceptors (Lipinski definition) is 4. The summed E-state index contributed by atoms with van der Waals surface area (Å²) < 4.78 is 0. The molecule has 26 heavy (non-hydrogen) atoms. The summed E-state index contributed by atoms with van der Waals surface area (Å²) in [7, 11) is 0. The lowest BCUT2D eigenvalue weighted by molar-refractivity contribution is 0.102. The first-order valence-electron chi connectivity index (χ1n) is 8.96. The number of Topliss-reactive ketones (excluding diaryl/α,β-unsaturated/α-hetero) is 1. The highest BCUT2D eigenvalue weighted by molar-refractivity contribution is 7.99. The summed E-state index contributed by atoms with van der Waals surface area (Å²) in [5, 5.41) is 7.76. The van der Waals surface area contributed by atoms with Gasteiger partial charge in [0.1, 0.15) is 0 Å². The molecule has 0 bridgehead atoms. The maximum Gasteiger partial charge on any atom is 0.209 e. The monoisotopic (exact) mass is 365 g/mol. The molecular formula is C21H23N3OS. The third-order valence-corrected chi connectivity index (χ3v) is 5.09. The highest BCUT2D eigenvalue weighted by atomic mass is 32.2. The molecule has 4 nitrogen and oxygen atoms in total. The Hall–Kier alpha value is -2.40. The molecule has 134 valence electrons. The Labute approximate surface area is 158 Å². The van der Waals surface area contributed by atoms with E-state index in [-0.39, 0.29) is 5.78 Å². The fraction of sp³-hybridized carbons (Fsp3) is 0.286. The van der Waals surface area contributed by atoms with Gasteiger partial charge >= 0.3 is 0 Å². The van der Waals surface area contributed by atoms with Crippen LogP contribution in [0.25, 0.3) is 11.4 Å². The zero-order chi connectivity index (χ0) is 18.4. The van der Waals surface area contributed by atoms with E-state index < -0.39 is 0 Å². The van der Waals surface area contributed by atoms with Crippen LogP contribution in [-0.2, 0) is 12.8 Å². The van der Waals surface area contributed by atoms with Crippen molar-refractivity contribution < 1.29 is 4.79 Å². The number of nitrogens with one attached hydrogen (secondary N) is 1. The average Bonchev–Trinajstić information content (AvgIpc) is 3.16. The highest BCUT2D eigenvalue weighted by Gasteiger charge is 2.11. The molecular weight excluding hydrogens is 342 g/mol. The average molecular weight is 366 g/mol. The molecule has 0 radical (unpaired) electrons. The van der Waals surface area contributed by atoms with E-state index in [0.717, 1.165) is 36.2 Å². The Bertz CT molecular complexity index is 854. The van der Waals surface area contributed by atoms with Crippen LogP contribution in [0.2, 0.25) is 0 Å². The normalized spacial score (nSPS) is 10.8. The van der Waals surface area contributed by atoms with Crippen LogP contribution in [-0.4, -0.2) is 26.7 Å².